The van der Waals surface area contributed by atoms with Crippen LogP contribution in [0, 0.1) is 6.92 Å². The number of halogens is 5. The van der Waals surface area contributed by atoms with E-state index < -0.39 is 31.4 Å². The molecule has 1 radical (unpaired) electrons. The molecule has 0 N–H and O–H groups in total. The van der Waals surface area contributed by atoms with Crippen molar-refractivity contribution in [3.8, 4) is 0 Å². The quantitative estimate of drug-likeness (QED) is 0.583. The van der Waals surface area contributed by atoms with Crippen LogP contribution in [-0.4, -0.2) is 24.9 Å². The van der Waals surface area contributed by atoms with Gasteiger partial charge in [0.05, 0.1) is 0 Å². The molecule has 73 valence electrons. The van der Waals surface area contributed by atoms with E-state index in [1.165, 1.54) is 0 Å². The van der Waals surface area contributed by atoms with E-state index in [4.69, 9.17) is 0 Å². The first-order valence-corrected chi connectivity index (χ1v) is 3.45. The van der Waals surface area contributed by atoms with E-state index in [9.17, 15) is 22.0 Å². The van der Waals surface area contributed by atoms with Crippen molar-refractivity contribution in [2.75, 3.05) is 6.67 Å². The molecule has 0 aromatic rings. The monoisotopic (exact) mass is 189 g/mol. The van der Waals surface area contributed by atoms with Gasteiger partial charge in [0.1, 0.15) is 6.17 Å². The Morgan fingerprint density at radius 3 is 2.08 bits per heavy atom. The van der Waals surface area contributed by atoms with Crippen molar-refractivity contribution in [2.45, 2.75) is 31.1 Å². The van der Waals surface area contributed by atoms with Crippen LogP contribution in [0.15, 0.2) is 0 Å². The van der Waals surface area contributed by atoms with Crippen LogP contribution in [0.2, 0.25) is 0 Å². The summed E-state index contributed by atoms with van der Waals surface area (Å²) in [6, 6.07) is 0. The first kappa shape index (κ1) is 11.6. The van der Waals surface area contributed by atoms with E-state index in [0.29, 0.717) is 0 Å². The van der Waals surface area contributed by atoms with Crippen LogP contribution in [0.4, 0.5) is 22.0 Å². The fourth-order valence-electron chi connectivity index (χ4n) is 0.599. The summed E-state index contributed by atoms with van der Waals surface area (Å²) >= 11 is 0. The first-order valence-electron chi connectivity index (χ1n) is 3.45. The number of alkyl halides is 5. The van der Waals surface area contributed by atoms with Crippen molar-refractivity contribution in [1.29, 1.82) is 0 Å². The highest BCUT2D eigenvalue weighted by Crippen LogP contribution is 2.26. The highest BCUT2D eigenvalue weighted by Gasteiger charge is 2.41. The van der Waals surface area contributed by atoms with Gasteiger partial charge in [-0.15, -0.1) is 0 Å². The molecule has 0 spiro atoms. The predicted octanol–water partition coefficient (Wildman–Crippen LogP) is 2.88. The highest BCUT2D eigenvalue weighted by molar-refractivity contribution is 4.79. The second kappa shape index (κ2) is 4.62. The molecule has 0 fully saturated rings. The summed E-state index contributed by atoms with van der Waals surface area (Å²) in [5.41, 5.74) is 0. The highest BCUT2D eigenvalue weighted by atomic mass is 19.3. The average Bonchev–Trinajstić information content (AvgIpc) is 2.04. The topological polar surface area (TPSA) is 0 Å². The molecule has 0 nitrogen and oxygen atoms in total. The van der Waals surface area contributed by atoms with Crippen LogP contribution in [0.5, 0.6) is 0 Å². The Morgan fingerprint density at radius 1 is 1.25 bits per heavy atom. The molecule has 0 aromatic heterocycles. The maximum absolute atomic E-state index is 12.4. The minimum Gasteiger partial charge on any atom is -0.247 e. The van der Waals surface area contributed by atoms with Crippen LogP contribution in [0.3, 0.4) is 0 Å². The Kier molecular flexibility index (Phi) is 4.49. The third-order valence-electron chi connectivity index (χ3n) is 1.41. The number of hydrogen-bond acceptors (Lipinski definition) is 0. The van der Waals surface area contributed by atoms with Crippen LogP contribution >= 0.6 is 0 Å². The third-order valence-corrected chi connectivity index (χ3v) is 1.41. The van der Waals surface area contributed by atoms with Gasteiger partial charge in [0.15, 0.2) is 12.8 Å². The summed E-state index contributed by atoms with van der Waals surface area (Å²) in [4.78, 5) is 0. The molecule has 0 aliphatic carbocycles. The molecule has 5 heteroatoms. The van der Waals surface area contributed by atoms with E-state index in [1.807, 2.05) is 0 Å². The average molecular weight is 189 g/mol. The fourth-order valence-corrected chi connectivity index (χ4v) is 0.599. The van der Waals surface area contributed by atoms with E-state index in [1.54, 1.807) is 0 Å². The fraction of sp³-hybridized carbons (Fsp3) is 0.857. The van der Waals surface area contributed by atoms with Crippen LogP contribution in [0.1, 0.15) is 12.8 Å². The Hall–Kier alpha value is -0.350. The maximum atomic E-state index is 12.4. The van der Waals surface area contributed by atoms with Crippen molar-refractivity contribution >= 4 is 0 Å². The lowest BCUT2D eigenvalue weighted by Gasteiger charge is -2.18. The van der Waals surface area contributed by atoms with E-state index >= 15 is 0 Å². The molecule has 0 bridgehead atoms. The zero-order valence-electron chi connectivity index (χ0n) is 6.37. The van der Waals surface area contributed by atoms with Crippen LogP contribution in [-0.2, 0) is 0 Å². The maximum Gasteiger partial charge on any atom is 0.306 e. The summed E-state index contributed by atoms with van der Waals surface area (Å²) in [5.74, 6) is -4.07. The minimum absolute atomic E-state index is 0.289. The zero-order chi connectivity index (χ0) is 9.78. The molecule has 0 aliphatic heterocycles. The zero-order valence-corrected chi connectivity index (χ0v) is 6.37. The lowest BCUT2D eigenvalue weighted by molar-refractivity contribution is -0.0956. The largest absolute Gasteiger partial charge is 0.306 e. The molecule has 0 aliphatic rings. The second-order valence-electron chi connectivity index (χ2n) is 2.48. The van der Waals surface area contributed by atoms with Crippen molar-refractivity contribution in [3.63, 3.8) is 0 Å². The van der Waals surface area contributed by atoms with Crippen LogP contribution in [0.25, 0.3) is 0 Å². The number of rotatable bonds is 5. The summed E-state index contributed by atoms with van der Waals surface area (Å²) < 4.78 is 60.3. The Morgan fingerprint density at radius 2 is 1.75 bits per heavy atom. The molecular formula is C7H10F5. The van der Waals surface area contributed by atoms with Gasteiger partial charge in [0, 0.05) is 6.42 Å². The van der Waals surface area contributed by atoms with Gasteiger partial charge >= 0.3 is 5.92 Å². The third kappa shape index (κ3) is 3.36. The molecule has 0 aromatic carbocycles. The van der Waals surface area contributed by atoms with Gasteiger partial charge in [-0.25, -0.2) is 22.0 Å². The van der Waals surface area contributed by atoms with Crippen LogP contribution < -0.4 is 0 Å². The smallest absolute Gasteiger partial charge is 0.247 e. The van der Waals surface area contributed by atoms with Gasteiger partial charge < -0.3 is 0 Å². The van der Waals surface area contributed by atoms with Crippen molar-refractivity contribution in [3.05, 3.63) is 6.92 Å². The summed E-state index contributed by atoms with van der Waals surface area (Å²) in [6.07, 6.45) is -5.79. The van der Waals surface area contributed by atoms with Gasteiger partial charge in [-0.05, 0) is 6.42 Å². The molecule has 0 saturated carbocycles. The SMILES string of the molecule is [CH2]CC(F)C[C@H](F)C(F)(F)CF. The Bertz CT molecular complexity index is 125. The molecular weight excluding hydrogens is 179 g/mol. The standard InChI is InChI=1S/C7H10F5/c1-2-5(9)3-6(10)7(11,12)4-8/h5-6H,1-4H2/t5?,6-/m0/s1. The van der Waals surface area contributed by atoms with Gasteiger partial charge in [0.2, 0.25) is 0 Å². The van der Waals surface area contributed by atoms with E-state index in [2.05, 4.69) is 6.92 Å². The van der Waals surface area contributed by atoms with Crippen molar-refractivity contribution in [1.82, 2.24) is 0 Å². The Labute approximate surface area is 67.8 Å². The predicted molar refractivity (Wildman–Crippen MR) is 35.3 cm³/mol. The van der Waals surface area contributed by atoms with Crippen molar-refractivity contribution in [2.24, 2.45) is 0 Å². The molecule has 0 heterocycles. The second-order valence-corrected chi connectivity index (χ2v) is 2.48. The van der Waals surface area contributed by atoms with Gasteiger partial charge in [-0.1, -0.05) is 6.92 Å². The molecule has 12 heavy (non-hydrogen) atoms. The first-order chi connectivity index (χ1) is 5.44. The normalized spacial score (nSPS) is 17.5. The Balaban J connectivity index is 3.93. The van der Waals surface area contributed by atoms with Gasteiger partial charge in [0.25, 0.3) is 0 Å². The van der Waals surface area contributed by atoms with E-state index in [-0.39, 0.29) is 6.42 Å². The lowest BCUT2D eigenvalue weighted by Crippen LogP contribution is -2.34. The van der Waals surface area contributed by atoms with Crippen molar-refractivity contribution < 1.29 is 22.0 Å². The molecule has 1 unspecified atom stereocenters. The molecule has 2 atom stereocenters. The summed E-state index contributed by atoms with van der Waals surface area (Å²) in [6.45, 7) is 0.967. The summed E-state index contributed by atoms with van der Waals surface area (Å²) in [7, 11) is 0. The van der Waals surface area contributed by atoms with Gasteiger partial charge in [-0.3, -0.25) is 0 Å². The van der Waals surface area contributed by atoms with Gasteiger partial charge in [-0.2, -0.15) is 0 Å². The number of hydrogen-bond donors (Lipinski definition) is 0. The summed E-state index contributed by atoms with van der Waals surface area (Å²) in [5, 5.41) is 0. The molecule has 0 rings (SSSR count). The molecule has 0 saturated heterocycles. The lowest BCUT2D eigenvalue weighted by atomic mass is 10.1. The van der Waals surface area contributed by atoms with E-state index in [0.717, 1.165) is 0 Å². The molecule has 0 amide bonds. The minimum atomic E-state index is -4.07.